The second-order valence-electron chi connectivity index (χ2n) is 0.610. The van der Waals surface area contributed by atoms with Gasteiger partial charge in [-0.05, 0) is 0 Å². The van der Waals surface area contributed by atoms with Crippen LogP contribution in [0.4, 0.5) is 0 Å². The minimum atomic E-state index is -1.82. The average Bonchev–Trinajstić information content (AvgIpc) is 1.36. The first-order valence-electron chi connectivity index (χ1n) is 1.11. The van der Waals surface area contributed by atoms with Crippen molar-refractivity contribution in [3.05, 3.63) is 0 Å². The molecule has 0 radical (unpaired) electrons. The van der Waals surface area contributed by atoms with E-state index in [2.05, 4.69) is 0 Å². The van der Waals surface area contributed by atoms with Crippen molar-refractivity contribution in [1.82, 2.24) is 0 Å². The van der Waals surface area contributed by atoms with E-state index < -0.39 is 11.9 Å². The topological polar surface area (TPSA) is 169 Å². The maximum atomic E-state index is 9.10. The summed E-state index contributed by atoms with van der Waals surface area (Å²) in [7, 11) is 0. The second kappa shape index (κ2) is 15.8. The van der Waals surface area contributed by atoms with Gasteiger partial charge in [0.15, 0.2) is 0 Å². The van der Waals surface area contributed by atoms with E-state index in [4.69, 9.17) is 19.8 Å². The van der Waals surface area contributed by atoms with Crippen molar-refractivity contribution in [3.63, 3.8) is 0 Å². The predicted molar refractivity (Wildman–Crippen MR) is 26.1 cm³/mol. The van der Waals surface area contributed by atoms with E-state index in [1.54, 1.807) is 0 Å². The summed E-state index contributed by atoms with van der Waals surface area (Å²) in [5.74, 6) is -3.65. The van der Waals surface area contributed by atoms with Crippen molar-refractivity contribution < 1.29 is 53.6 Å². The van der Waals surface area contributed by atoms with Crippen molar-refractivity contribution in [3.8, 4) is 0 Å². The molecular formula is C2H8CrO7. The molecule has 64 valence electrons. The Labute approximate surface area is 66.3 Å². The summed E-state index contributed by atoms with van der Waals surface area (Å²) in [6.07, 6.45) is 0. The normalized spacial score (nSPS) is 4.40. The number of hydrogen-bond donors (Lipinski definition) is 2. The van der Waals surface area contributed by atoms with Gasteiger partial charge in [0, 0.05) is 17.4 Å². The fourth-order valence-corrected chi connectivity index (χ4v) is 0. The summed E-state index contributed by atoms with van der Waals surface area (Å²) in [5, 5.41) is 14.8. The Balaban J connectivity index is -0.0000000208. The fraction of sp³-hybridized carbons (Fsp3) is 0. The Kier molecular flexibility index (Phi) is 54.3. The third-order valence-electron chi connectivity index (χ3n) is 0.183. The molecule has 0 aliphatic heterocycles. The smallest absolute Gasteiger partial charge is 0.414 e. The first kappa shape index (κ1) is 34.4. The molecule has 0 spiro atoms. The Morgan fingerprint density at radius 2 is 0.900 bits per heavy atom. The van der Waals surface area contributed by atoms with Crippen LogP contribution in [0.25, 0.3) is 0 Å². The number of carboxylic acids is 2. The van der Waals surface area contributed by atoms with E-state index in [0.717, 1.165) is 0 Å². The molecule has 0 saturated carbocycles. The van der Waals surface area contributed by atoms with Crippen LogP contribution >= 0.6 is 0 Å². The van der Waals surface area contributed by atoms with Gasteiger partial charge in [0.2, 0.25) is 0 Å². The van der Waals surface area contributed by atoms with Crippen LogP contribution in [0.2, 0.25) is 0 Å². The third-order valence-corrected chi connectivity index (χ3v) is 0.183. The molecule has 8 N–H and O–H groups in total. The van der Waals surface area contributed by atoms with Gasteiger partial charge in [0.25, 0.3) is 0 Å². The van der Waals surface area contributed by atoms with Crippen LogP contribution < -0.4 is 0 Å². The van der Waals surface area contributed by atoms with Gasteiger partial charge in [-0.2, -0.15) is 0 Å². The van der Waals surface area contributed by atoms with Crippen LogP contribution in [0.1, 0.15) is 0 Å². The Bertz CT molecular complexity index is 77.6. The molecule has 0 aliphatic rings. The minimum Gasteiger partial charge on any atom is -0.473 e. The Morgan fingerprint density at radius 3 is 0.900 bits per heavy atom. The molecule has 0 aliphatic carbocycles. The molecule has 10 heavy (non-hydrogen) atoms. The zero-order valence-corrected chi connectivity index (χ0v) is 5.89. The van der Waals surface area contributed by atoms with Crippen LogP contribution in [0.3, 0.4) is 0 Å². The van der Waals surface area contributed by atoms with E-state index >= 15 is 0 Å². The van der Waals surface area contributed by atoms with Crippen molar-refractivity contribution in [2.45, 2.75) is 0 Å². The molecule has 0 aromatic rings. The van der Waals surface area contributed by atoms with Crippen LogP contribution in [0.5, 0.6) is 0 Å². The zero-order valence-electron chi connectivity index (χ0n) is 4.62. The van der Waals surface area contributed by atoms with Crippen molar-refractivity contribution in [1.29, 1.82) is 0 Å². The molecule has 7 nitrogen and oxygen atoms in total. The standard InChI is InChI=1S/C2H2O4.Cr.3H2O/c3-1(4)2(5)6;;;;/h(H,3,4)(H,5,6);;3*1H2. The monoisotopic (exact) mass is 196 g/mol. The largest absolute Gasteiger partial charge is 0.473 e. The van der Waals surface area contributed by atoms with Crippen LogP contribution in [-0.2, 0) is 27.0 Å². The number of hydrogen-bond acceptors (Lipinski definition) is 2. The van der Waals surface area contributed by atoms with Gasteiger partial charge in [-0.3, -0.25) is 0 Å². The van der Waals surface area contributed by atoms with Gasteiger partial charge in [0.05, 0.1) is 0 Å². The summed E-state index contributed by atoms with van der Waals surface area (Å²) >= 11 is 0. The molecule has 0 heterocycles. The number of rotatable bonds is 0. The summed E-state index contributed by atoms with van der Waals surface area (Å²) in [6, 6.07) is 0. The van der Waals surface area contributed by atoms with E-state index in [-0.39, 0.29) is 33.8 Å². The van der Waals surface area contributed by atoms with Gasteiger partial charge in [-0.15, -0.1) is 0 Å². The van der Waals surface area contributed by atoms with Crippen molar-refractivity contribution >= 4 is 11.9 Å². The first-order valence-corrected chi connectivity index (χ1v) is 1.11. The fourth-order valence-electron chi connectivity index (χ4n) is 0. The van der Waals surface area contributed by atoms with Gasteiger partial charge in [-0.1, -0.05) is 0 Å². The SMILES string of the molecule is O.O.O.O=C(O)C(=O)O.[Cr]. The number of carboxylic acid groups (broad SMARTS) is 2. The molecule has 0 aromatic heterocycles. The van der Waals surface area contributed by atoms with Gasteiger partial charge >= 0.3 is 11.9 Å². The third kappa shape index (κ3) is 26.4. The van der Waals surface area contributed by atoms with Crippen molar-refractivity contribution in [2.75, 3.05) is 0 Å². The second-order valence-corrected chi connectivity index (χ2v) is 0.610. The summed E-state index contributed by atoms with van der Waals surface area (Å²) in [5.41, 5.74) is 0. The molecule has 0 bridgehead atoms. The zero-order chi connectivity index (χ0) is 5.15. The summed E-state index contributed by atoms with van der Waals surface area (Å²) < 4.78 is 0. The molecule has 0 unspecified atom stereocenters. The van der Waals surface area contributed by atoms with E-state index in [1.165, 1.54) is 0 Å². The van der Waals surface area contributed by atoms with Crippen molar-refractivity contribution in [2.24, 2.45) is 0 Å². The molecule has 0 atom stereocenters. The molecule has 0 fully saturated rings. The first-order chi connectivity index (χ1) is 2.64. The molecule has 0 saturated heterocycles. The number of aliphatic carboxylic acids is 2. The van der Waals surface area contributed by atoms with E-state index in [1.807, 2.05) is 0 Å². The van der Waals surface area contributed by atoms with Crippen LogP contribution in [-0.4, -0.2) is 38.6 Å². The molecule has 0 aromatic carbocycles. The molecular weight excluding hydrogens is 188 g/mol. The van der Waals surface area contributed by atoms with Crippen LogP contribution in [0, 0.1) is 0 Å². The van der Waals surface area contributed by atoms with Gasteiger partial charge < -0.3 is 26.6 Å². The summed E-state index contributed by atoms with van der Waals surface area (Å²) in [6.45, 7) is 0. The number of carbonyl (C=O) groups is 2. The van der Waals surface area contributed by atoms with Crippen LogP contribution in [0.15, 0.2) is 0 Å². The van der Waals surface area contributed by atoms with Gasteiger partial charge in [0.1, 0.15) is 0 Å². The average molecular weight is 196 g/mol. The summed E-state index contributed by atoms with van der Waals surface area (Å²) in [4.78, 5) is 18.2. The Hall–Kier alpha value is -0.648. The quantitative estimate of drug-likeness (QED) is 0.386. The maximum absolute atomic E-state index is 9.10. The van der Waals surface area contributed by atoms with E-state index in [9.17, 15) is 0 Å². The minimum absolute atomic E-state index is 0. The van der Waals surface area contributed by atoms with Gasteiger partial charge in [-0.25, -0.2) is 9.59 Å². The molecule has 8 heteroatoms. The molecule has 0 amide bonds. The Morgan fingerprint density at radius 1 is 0.800 bits per heavy atom. The molecule has 0 rings (SSSR count). The maximum Gasteiger partial charge on any atom is 0.414 e. The van der Waals surface area contributed by atoms with E-state index in [0.29, 0.717) is 0 Å². The predicted octanol–water partition coefficient (Wildman–Crippen LogP) is -3.32.